The maximum atomic E-state index is 12.3. The number of benzene rings is 1. The van der Waals surface area contributed by atoms with E-state index in [1.165, 1.54) is 24.3 Å². The zero-order valence-corrected chi connectivity index (χ0v) is 15.2. The lowest BCUT2D eigenvalue weighted by atomic mass is 10.1. The van der Waals surface area contributed by atoms with Gasteiger partial charge in [-0.3, -0.25) is 29.4 Å². The highest BCUT2D eigenvalue weighted by Crippen LogP contribution is 2.33. The smallest absolute Gasteiger partial charge is 0.303 e. The number of imide groups is 1. The number of nitro benzene ring substituents is 1. The molecule has 1 aromatic carbocycles. The molecule has 1 fully saturated rings. The molecular weight excluding hydrogens is 388 g/mol. The number of hydrogen-bond donors (Lipinski definition) is 1. The zero-order valence-electron chi connectivity index (χ0n) is 14.4. The second kappa shape index (κ2) is 8.09. The van der Waals surface area contributed by atoms with E-state index in [0.29, 0.717) is 17.1 Å². The lowest BCUT2D eigenvalue weighted by molar-refractivity contribution is -0.384. The number of carboxylic acid groups (broad SMARTS) is 1. The van der Waals surface area contributed by atoms with Crippen LogP contribution in [0.4, 0.5) is 10.5 Å². The highest BCUT2D eigenvalue weighted by Gasteiger charge is 2.34. The first-order valence-electron chi connectivity index (χ1n) is 8.17. The lowest BCUT2D eigenvalue weighted by Crippen LogP contribution is -2.29. The molecule has 1 aliphatic heterocycles. The number of hydrogen-bond acceptors (Lipinski definition) is 7. The van der Waals surface area contributed by atoms with Gasteiger partial charge in [-0.15, -0.1) is 0 Å². The van der Waals surface area contributed by atoms with E-state index in [1.807, 2.05) is 0 Å². The van der Waals surface area contributed by atoms with Crippen LogP contribution in [-0.4, -0.2) is 38.6 Å². The van der Waals surface area contributed by atoms with E-state index in [4.69, 9.17) is 9.52 Å². The van der Waals surface area contributed by atoms with E-state index in [0.717, 1.165) is 16.7 Å². The maximum absolute atomic E-state index is 12.3. The highest BCUT2D eigenvalue weighted by molar-refractivity contribution is 8.18. The van der Waals surface area contributed by atoms with Crippen LogP contribution in [0.5, 0.6) is 0 Å². The minimum Gasteiger partial charge on any atom is -0.481 e. The fourth-order valence-electron chi connectivity index (χ4n) is 2.57. The first-order chi connectivity index (χ1) is 13.3. The van der Waals surface area contributed by atoms with Crippen molar-refractivity contribution in [2.45, 2.75) is 12.8 Å². The first-order valence-corrected chi connectivity index (χ1v) is 8.98. The number of furan rings is 1. The summed E-state index contributed by atoms with van der Waals surface area (Å²) in [5, 5.41) is 19.1. The third kappa shape index (κ3) is 4.29. The Hall–Kier alpha value is -3.40. The lowest BCUT2D eigenvalue weighted by Gasteiger charge is -2.10. The van der Waals surface area contributed by atoms with Gasteiger partial charge in [0.25, 0.3) is 16.8 Å². The number of aliphatic carboxylic acids is 1. The van der Waals surface area contributed by atoms with Gasteiger partial charge in [0.15, 0.2) is 0 Å². The fraction of sp³-hybridized carbons (Fsp3) is 0.167. The van der Waals surface area contributed by atoms with Crippen molar-refractivity contribution in [2.24, 2.45) is 0 Å². The number of carboxylic acids is 1. The summed E-state index contributed by atoms with van der Waals surface area (Å²) in [7, 11) is 0. The van der Waals surface area contributed by atoms with Crippen molar-refractivity contribution < 1.29 is 28.8 Å². The van der Waals surface area contributed by atoms with Crippen LogP contribution >= 0.6 is 11.8 Å². The number of non-ortho nitro benzene ring substituents is 1. The van der Waals surface area contributed by atoms with Crippen LogP contribution in [-0.2, 0) is 9.59 Å². The van der Waals surface area contributed by atoms with Crippen molar-refractivity contribution in [3.05, 3.63) is 57.2 Å². The molecule has 1 aromatic heterocycles. The molecule has 2 amide bonds. The molecule has 2 heterocycles. The molecule has 0 atom stereocenters. The van der Waals surface area contributed by atoms with Gasteiger partial charge in [-0.25, -0.2) is 0 Å². The summed E-state index contributed by atoms with van der Waals surface area (Å²) in [4.78, 5) is 46.4. The number of amides is 2. The third-order valence-electron chi connectivity index (χ3n) is 3.89. The van der Waals surface area contributed by atoms with Crippen LogP contribution in [0.1, 0.15) is 18.6 Å². The molecule has 0 aliphatic carbocycles. The quantitative estimate of drug-likeness (QED) is 0.421. The Morgan fingerprint density at radius 1 is 1.29 bits per heavy atom. The number of carbonyl (C=O) groups is 3. The molecule has 0 unspecified atom stereocenters. The Balaban J connectivity index is 1.75. The molecule has 0 spiro atoms. The van der Waals surface area contributed by atoms with Gasteiger partial charge in [0, 0.05) is 36.7 Å². The van der Waals surface area contributed by atoms with Crippen molar-refractivity contribution >= 4 is 40.6 Å². The normalized spacial score (nSPS) is 15.4. The summed E-state index contributed by atoms with van der Waals surface area (Å²) in [5.41, 5.74) is 0.438. The largest absolute Gasteiger partial charge is 0.481 e. The van der Waals surface area contributed by atoms with Crippen molar-refractivity contribution in [2.75, 3.05) is 6.54 Å². The Morgan fingerprint density at radius 3 is 2.79 bits per heavy atom. The summed E-state index contributed by atoms with van der Waals surface area (Å²) in [6.45, 7) is 0.0331. The van der Waals surface area contributed by atoms with Crippen LogP contribution in [0.3, 0.4) is 0 Å². The molecule has 1 saturated heterocycles. The molecule has 0 bridgehead atoms. The Labute approximate surface area is 162 Å². The van der Waals surface area contributed by atoms with Gasteiger partial charge in [-0.1, -0.05) is 12.1 Å². The summed E-state index contributed by atoms with van der Waals surface area (Å²) < 4.78 is 5.63. The zero-order chi connectivity index (χ0) is 20.3. The fourth-order valence-corrected chi connectivity index (χ4v) is 3.41. The average molecular weight is 402 g/mol. The number of nitro groups is 1. The van der Waals surface area contributed by atoms with Crippen molar-refractivity contribution in [1.29, 1.82) is 0 Å². The Morgan fingerprint density at radius 2 is 2.07 bits per heavy atom. The molecule has 0 saturated carbocycles. The predicted molar refractivity (Wildman–Crippen MR) is 100 cm³/mol. The van der Waals surface area contributed by atoms with E-state index in [-0.39, 0.29) is 30.0 Å². The number of thioether (sulfide) groups is 1. The first kappa shape index (κ1) is 19.4. The van der Waals surface area contributed by atoms with Crippen LogP contribution < -0.4 is 0 Å². The topological polar surface area (TPSA) is 131 Å². The highest BCUT2D eigenvalue weighted by atomic mass is 32.2. The summed E-state index contributed by atoms with van der Waals surface area (Å²) in [6, 6.07) is 9.14. The monoisotopic (exact) mass is 402 g/mol. The average Bonchev–Trinajstić information content (AvgIpc) is 3.22. The Bertz CT molecular complexity index is 995. The van der Waals surface area contributed by atoms with E-state index < -0.39 is 22.0 Å². The van der Waals surface area contributed by atoms with Crippen molar-refractivity contribution in [1.82, 2.24) is 4.90 Å². The van der Waals surface area contributed by atoms with Crippen molar-refractivity contribution in [3.8, 4) is 11.3 Å². The van der Waals surface area contributed by atoms with Gasteiger partial charge < -0.3 is 9.52 Å². The molecule has 1 N–H and O–H groups in total. The molecular formula is C18H14N2O7S. The van der Waals surface area contributed by atoms with E-state index in [9.17, 15) is 24.5 Å². The van der Waals surface area contributed by atoms with Gasteiger partial charge in [-0.2, -0.15) is 0 Å². The van der Waals surface area contributed by atoms with Gasteiger partial charge in [0.05, 0.1) is 9.83 Å². The summed E-state index contributed by atoms with van der Waals surface area (Å²) >= 11 is 0.749. The molecule has 2 aromatic rings. The van der Waals surface area contributed by atoms with Crippen LogP contribution in [0.25, 0.3) is 17.4 Å². The molecule has 9 nitrogen and oxygen atoms in total. The van der Waals surface area contributed by atoms with Gasteiger partial charge >= 0.3 is 5.97 Å². The molecule has 28 heavy (non-hydrogen) atoms. The van der Waals surface area contributed by atoms with Crippen LogP contribution in [0.2, 0.25) is 0 Å². The number of rotatable bonds is 7. The van der Waals surface area contributed by atoms with Gasteiger partial charge in [0.2, 0.25) is 0 Å². The van der Waals surface area contributed by atoms with Crippen LogP contribution in [0, 0.1) is 10.1 Å². The minimum absolute atomic E-state index is 0.0331. The summed E-state index contributed by atoms with van der Waals surface area (Å²) in [6.07, 6.45) is 1.47. The third-order valence-corrected chi connectivity index (χ3v) is 4.79. The van der Waals surface area contributed by atoms with E-state index in [2.05, 4.69) is 0 Å². The minimum atomic E-state index is -0.994. The Kier molecular flexibility index (Phi) is 5.59. The maximum Gasteiger partial charge on any atom is 0.303 e. The molecule has 144 valence electrons. The molecule has 3 rings (SSSR count). The summed E-state index contributed by atoms with van der Waals surface area (Å²) in [5.74, 6) is -0.798. The second-order valence-corrected chi connectivity index (χ2v) is 6.83. The van der Waals surface area contributed by atoms with Crippen molar-refractivity contribution in [3.63, 3.8) is 0 Å². The second-order valence-electron chi connectivity index (χ2n) is 5.84. The SMILES string of the molecule is O=C(O)CCCN1C(=O)SC(=Cc2ccc(-c3cccc([N+](=O)[O-])c3)o2)C1=O. The predicted octanol–water partition coefficient (Wildman–Crippen LogP) is 3.76. The standard InChI is InChI=1S/C18H14N2O7S/c21-16(22)5-2-8-19-17(23)15(28-18(19)24)10-13-6-7-14(27-13)11-3-1-4-12(9-11)20(25)26/h1,3-4,6-7,9-10H,2,5,8H2,(H,21,22). The van der Waals surface area contributed by atoms with Gasteiger partial charge in [0.1, 0.15) is 11.5 Å². The number of carbonyl (C=O) groups excluding carboxylic acids is 2. The molecule has 10 heteroatoms. The van der Waals surface area contributed by atoms with Crippen LogP contribution in [0.15, 0.2) is 45.7 Å². The van der Waals surface area contributed by atoms with E-state index >= 15 is 0 Å². The molecule has 1 aliphatic rings. The molecule has 0 radical (unpaired) electrons. The van der Waals surface area contributed by atoms with E-state index in [1.54, 1.807) is 18.2 Å². The van der Waals surface area contributed by atoms with Gasteiger partial charge in [-0.05, 0) is 30.3 Å². The number of nitrogens with zero attached hydrogens (tertiary/aromatic N) is 2.